The van der Waals surface area contributed by atoms with E-state index < -0.39 is 0 Å². The number of aromatic nitrogens is 3. The first-order valence-electron chi connectivity index (χ1n) is 10.4. The predicted molar refractivity (Wildman–Crippen MR) is 127 cm³/mol. The fourth-order valence-electron chi connectivity index (χ4n) is 3.71. The van der Waals surface area contributed by atoms with Crippen LogP contribution in [-0.2, 0) is 17.8 Å². The molecule has 0 saturated heterocycles. The molecule has 0 amide bonds. The first-order valence-corrected chi connectivity index (χ1v) is 11.8. The number of thioether (sulfide) groups is 1. The highest BCUT2D eigenvalue weighted by Gasteiger charge is 2.18. The highest BCUT2D eigenvalue weighted by Crippen LogP contribution is 2.23. The van der Waals surface area contributed by atoms with Gasteiger partial charge in [0.1, 0.15) is 0 Å². The van der Waals surface area contributed by atoms with Crippen LogP contribution in [0.25, 0.3) is 10.9 Å². The lowest BCUT2D eigenvalue weighted by Crippen LogP contribution is -2.24. The zero-order valence-corrected chi connectivity index (χ0v) is 20.0. The van der Waals surface area contributed by atoms with Gasteiger partial charge in [-0.05, 0) is 51.0 Å². The average molecular weight is 462 g/mol. The number of fused-ring (bicyclic) bond motifs is 1. The molecule has 0 fully saturated rings. The van der Waals surface area contributed by atoms with Crippen molar-refractivity contribution in [1.82, 2.24) is 14.1 Å². The van der Waals surface area contributed by atoms with Gasteiger partial charge in [0.05, 0.1) is 16.7 Å². The van der Waals surface area contributed by atoms with Gasteiger partial charge >= 0.3 is 0 Å². The summed E-state index contributed by atoms with van der Waals surface area (Å²) < 4.78 is 8.94. The van der Waals surface area contributed by atoms with Crippen molar-refractivity contribution in [3.05, 3.63) is 56.6 Å². The first kappa shape index (κ1) is 23.6. The Labute approximate surface area is 191 Å². The minimum Gasteiger partial charge on any atom is -0.385 e. The van der Waals surface area contributed by atoms with Crippen molar-refractivity contribution in [3.8, 4) is 0 Å². The van der Waals surface area contributed by atoms with E-state index in [9.17, 15) is 9.59 Å². The first-order chi connectivity index (χ1) is 14.9. The second kappa shape index (κ2) is 10.5. The number of carbonyl (C=O) groups is 1. The summed E-state index contributed by atoms with van der Waals surface area (Å²) in [5.41, 5.74) is 3.21. The van der Waals surface area contributed by atoms with E-state index in [0.29, 0.717) is 40.7 Å². The molecule has 3 aromatic rings. The third kappa shape index (κ3) is 5.22. The van der Waals surface area contributed by atoms with Crippen LogP contribution in [0.2, 0.25) is 5.02 Å². The van der Waals surface area contributed by atoms with Gasteiger partial charge in [0.15, 0.2) is 10.9 Å². The summed E-state index contributed by atoms with van der Waals surface area (Å²) in [6.07, 6.45) is 1.69. The molecule has 0 bridgehead atoms. The molecule has 0 spiro atoms. The molecule has 0 aliphatic rings. The number of Topliss-reactive ketones (excluding diaryl/α,β-unsaturated/α-hetero) is 1. The maximum absolute atomic E-state index is 13.1. The van der Waals surface area contributed by atoms with E-state index in [1.54, 1.807) is 29.9 Å². The molecule has 0 N–H and O–H groups in total. The third-order valence-electron chi connectivity index (χ3n) is 5.27. The lowest BCUT2D eigenvalue weighted by molar-refractivity contribution is 0.102. The van der Waals surface area contributed by atoms with Crippen LogP contribution in [0.3, 0.4) is 0 Å². The number of rotatable bonds is 10. The standard InChI is InChI=1S/C23H28ClN3O3S/c1-5-9-26-15(2)12-19(16(26)3)21(28)14-31-23-25-20-13-17(24)7-8-18(20)22(29)27(23)10-6-11-30-4/h7-8,12-13H,5-6,9-11,14H2,1-4H3. The van der Waals surface area contributed by atoms with Crippen molar-refractivity contribution < 1.29 is 9.53 Å². The molecule has 0 aliphatic heterocycles. The average Bonchev–Trinajstić information content (AvgIpc) is 3.02. The zero-order chi connectivity index (χ0) is 22.5. The van der Waals surface area contributed by atoms with Crippen LogP contribution in [0.15, 0.2) is 34.2 Å². The minimum atomic E-state index is -0.131. The van der Waals surface area contributed by atoms with Gasteiger partial charge in [-0.15, -0.1) is 0 Å². The second-order valence-corrected chi connectivity index (χ2v) is 8.89. The van der Waals surface area contributed by atoms with Crippen molar-refractivity contribution >= 4 is 40.0 Å². The van der Waals surface area contributed by atoms with E-state index in [1.807, 2.05) is 19.9 Å². The van der Waals surface area contributed by atoms with Crippen LogP contribution in [0.5, 0.6) is 0 Å². The largest absolute Gasteiger partial charge is 0.385 e. The normalized spacial score (nSPS) is 11.4. The molecule has 8 heteroatoms. The molecule has 31 heavy (non-hydrogen) atoms. The van der Waals surface area contributed by atoms with Gasteiger partial charge < -0.3 is 9.30 Å². The van der Waals surface area contributed by atoms with Gasteiger partial charge in [0.25, 0.3) is 5.56 Å². The lowest BCUT2D eigenvalue weighted by atomic mass is 10.2. The zero-order valence-electron chi connectivity index (χ0n) is 18.4. The van der Waals surface area contributed by atoms with Gasteiger partial charge in [-0.1, -0.05) is 30.3 Å². The van der Waals surface area contributed by atoms with Crippen molar-refractivity contribution in [1.29, 1.82) is 0 Å². The van der Waals surface area contributed by atoms with E-state index >= 15 is 0 Å². The van der Waals surface area contributed by atoms with Gasteiger partial charge in [-0.2, -0.15) is 0 Å². The van der Waals surface area contributed by atoms with E-state index in [2.05, 4.69) is 16.5 Å². The molecule has 0 radical (unpaired) electrons. The van der Waals surface area contributed by atoms with E-state index in [0.717, 1.165) is 29.9 Å². The number of hydrogen-bond donors (Lipinski definition) is 0. The van der Waals surface area contributed by atoms with Gasteiger partial charge in [0, 0.05) is 48.8 Å². The smallest absolute Gasteiger partial charge is 0.262 e. The molecular weight excluding hydrogens is 434 g/mol. The highest BCUT2D eigenvalue weighted by atomic mass is 35.5. The molecule has 166 valence electrons. The fraction of sp³-hybridized carbons (Fsp3) is 0.435. The Morgan fingerprint density at radius 1 is 1.19 bits per heavy atom. The van der Waals surface area contributed by atoms with Crippen LogP contribution in [0.1, 0.15) is 41.5 Å². The molecule has 0 unspecified atom stereocenters. The molecule has 2 heterocycles. The molecule has 6 nitrogen and oxygen atoms in total. The summed E-state index contributed by atoms with van der Waals surface area (Å²) >= 11 is 7.39. The molecule has 3 rings (SSSR count). The maximum Gasteiger partial charge on any atom is 0.262 e. The number of carbonyl (C=O) groups excluding carboxylic acids is 1. The number of nitrogens with zero attached hydrogens (tertiary/aromatic N) is 3. The van der Waals surface area contributed by atoms with Crippen molar-refractivity contribution in [2.75, 3.05) is 19.5 Å². The highest BCUT2D eigenvalue weighted by molar-refractivity contribution is 7.99. The Kier molecular flexibility index (Phi) is 7.97. The molecule has 0 atom stereocenters. The maximum atomic E-state index is 13.1. The summed E-state index contributed by atoms with van der Waals surface area (Å²) in [6, 6.07) is 7.02. The van der Waals surface area contributed by atoms with Crippen molar-refractivity contribution in [3.63, 3.8) is 0 Å². The minimum absolute atomic E-state index is 0.0318. The molecule has 1 aromatic carbocycles. The summed E-state index contributed by atoms with van der Waals surface area (Å²) in [6.45, 7) is 8.03. The number of ether oxygens (including phenoxy) is 1. The van der Waals surface area contributed by atoms with Crippen molar-refractivity contribution in [2.45, 2.75) is 51.9 Å². The molecular formula is C23H28ClN3O3S. The van der Waals surface area contributed by atoms with Gasteiger partial charge in [-0.3, -0.25) is 14.2 Å². The number of ketones is 1. The monoisotopic (exact) mass is 461 g/mol. The van der Waals surface area contributed by atoms with Crippen LogP contribution in [0.4, 0.5) is 0 Å². The van der Waals surface area contributed by atoms with E-state index in [-0.39, 0.29) is 17.1 Å². The third-order valence-corrected chi connectivity index (χ3v) is 6.48. The molecule has 2 aromatic heterocycles. The number of hydrogen-bond acceptors (Lipinski definition) is 5. The summed E-state index contributed by atoms with van der Waals surface area (Å²) in [5.74, 6) is 0.239. The van der Waals surface area contributed by atoms with Crippen LogP contribution >= 0.6 is 23.4 Å². The Morgan fingerprint density at radius 2 is 1.97 bits per heavy atom. The molecule has 0 aliphatic carbocycles. The number of methoxy groups -OCH3 is 1. The van der Waals surface area contributed by atoms with Crippen LogP contribution in [-0.4, -0.2) is 39.4 Å². The summed E-state index contributed by atoms with van der Waals surface area (Å²) in [5, 5.41) is 1.55. The topological polar surface area (TPSA) is 66.1 Å². The van der Waals surface area contributed by atoms with Crippen LogP contribution < -0.4 is 5.56 Å². The number of aryl methyl sites for hydroxylation is 1. The fourth-order valence-corrected chi connectivity index (χ4v) is 4.78. The number of benzene rings is 1. The summed E-state index contributed by atoms with van der Waals surface area (Å²) in [4.78, 5) is 30.7. The lowest BCUT2D eigenvalue weighted by Gasteiger charge is -2.13. The molecule has 0 saturated carbocycles. The Hall–Kier alpha value is -2.09. The predicted octanol–water partition coefficient (Wildman–Crippen LogP) is 4.89. The number of halogens is 1. The summed E-state index contributed by atoms with van der Waals surface area (Å²) in [7, 11) is 1.63. The Morgan fingerprint density at radius 3 is 2.68 bits per heavy atom. The van der Waals surface area contributed by atoms with E-state index in [1.165, 1.54) is 11.8 Å². The Bertz CT molecular complexity index is 1150. The van der Waals surface area contributed by atoms with E-state index in [4.69, 9.17) is 16.3 Å². The van der Waals surface area contributed by atoms with Gasteiger partial charge in [0.2, 0.25) is 0 Å². The second-order valence-electron chi connectivity index (χ2n) is 7.51. The van der Waals surface area contributed by atoms with Crippen LogP contribution in [0, 0.1) is 13.8 Å². The van der Waals surface area contributed by atoms with Gasteiger partial charge in [-0.25, -0.2) is 4.98 Å². The quantitative estimate of drug-likeness (QED) is 0.186. The van der Waals surface area contributed by atoms with Crippen molar-refractivity contribution in [2.24, 2.45) is 0 Å². The Balaban J connectivity index is 1.91. The SMILES string of the molecule is CCCn1c(C)cc(C(=O)CSc2nc3cc(Cl)ccc3c(=O)n2CCCOC)c1C.